The highest BCUT2D eigenvalue weighted by Gasteiger charge is 2.13. The van der Waals surface area contributed by atoms with Crippen molar-refractivity contribution in [1.29, 1.82) is 0 Å². The maximum absolute atomic E-state index is 2.28. The van der Waals surface area contributed by atoms with Crippen LogP contribution in [0, 0.1) is 20.8 Å². The van der Waals surface area contributed by atoms with Crippen LogP contribution in [0.5, 0.6) is 0 Å². The molecule has 0 aliphatic rings. The molecule has 0 heterocycles. The van der Waals surface area contributed by atoms with E-state index in [4.69, 9.17) is 0 Å². The number of hydrogen-bond acceptors (Lipinski definition) is 2. The smallest absolute Gasteiger partial charge is 0.0757 e. The molecule has 26 heavy (non-hydrogen) atoms. The fourth-order valence-corrected chi connectivity index (χ4v) is 5.24. The van der Waals surface area contributed by atoms with Crippen LogP contribution in [0.2, 0.25) is 0 Å². The van der Waals surface area contributed by atoms with Gasteiger partial charge in [-0.2, -0.15) is 0 Å². The van der Waals surface area contributed by atoms with Gasteiger partial charge in [-0.05, 0) is 37.5 Å². The highest BCUT2D eigenvalue weighted by atomic mass is 32.2. The third-order valence-electron chi connectivity index (χ3n) is 4.39. The van der Waals surface area contributed by atoms with Gasteiger partial charge in [-0.25, -0.2) is 0 Å². The Bertz CT molecular complexity index is 753. The van der Waals surface area contributed by atoms with E-state index in [1.165, 1.54) is 33.4 Å². The van der Waals surface area contributed by atoms with E-state index in [0.29, 0.717) is 4.58 Å². The lowest BCUT2D eigenvalue weighted by Crippen LogP contribution is -1.93. The molecule has 0 aliphatic heterocycles. The number of hydrogen-bond donors (Lipinski definition) is 0. The first kappa shape index (κ1) is 19.1. The van der Waals surface area contributed by atoms with Gasteiger partial charge in [0.25, 0.3) is 0 Å². The van der Waals surface area contributed by atoms with Gasteiger partial charge >= 0.3 is 0 Å². The molecule has 0 atom stereocenters. The zero-order chi connectivity index (χ0) is 18.4. The topological polar surface area (TPSA) is 0 Å². The summed E-state index contributed by atoms with van der Waals surface area (Å²) in [5.74, 6) is 2.08. The van der Waals surface area contributed by atoms with E-state index in [2.05, 4.69) is 93.6 Å². The lowest BCUT2D eigenvalue weighted by atomic mass is 10.2. The summed E-state index contributed by atoms with van der Waals surface area (Å²) in [5.41, 5.74) is 8.16. The third-order valence-corrected chi connectivity index (χ3v) is 7.36. The molecule has 0 spiro atoms. The van der Waals surface area contributed by atoms with Crippen molar-refractivity contribution in [3.8, 4) is 0 Å². The van der Waals surface area contributed by atoms with Gasteiger partial charge in [-0.3, -0.25) is 0 Å². The van der Waals surface area contributed by atoms with Crippen LogP contribution in [0.3, 0.4) is 0 Å². The van der Waals surface area contributed by atoms with E-state index in [9.17, 15) is 0 Å². The first-order valence-electron chi connectivity index (χ1n) is 9.01. The summed E-state index contributed by atoms with van der Waals surface area (Å²) in [7, 11) is 0. The summed E-state index contributed by atoms with van der Waals surface area (Å²) in [5, 5.41) is 0. The molecule has 0 nitrogen and oxygen atoms in total. The summed E-state index contributed by atoms with van der Waals surface area (Å²) >= 11 is 4.05. The lowest BCUT2D eigenvalue weighted by Gasteiger charge is -2.17. The molecule has 0 amide bonds. The van der Waals surface area contributed by atoms with E-state index >= 15 is 0 Å². The second-order valence-electron chi connectivity index (χ2n) is 6.84. The van der Waals surface area contributed by atoms with Crippen molar-refractivity contribution < 1.29 is 0 Å². The fraction of sp³-hybridized carbons (Fsp3) is 0.250. The van der Waals surface area contributed by atoms with E-state index in [1.807, 2.05) is 23.5 Å². The van der Waals surface area contributed by atoms with Crippen molar-refractivity contribution in [3.05, 3.63) is 106 Å². The van der Waals surface area contributed by atoms with Gasteiger partial charge in [0.2, 0.25) is 0 Å². The van der Waals surface area contributed by atoms with Crippen molar-refractivity contribution in [3.63, 3.8) is 0 Å². The highest BCUT2D eigenvalue weighted by Crippen LogP contribution is 2.42. The quantitative estimate of drug-likeness (QED) is 0.391. The third kappa shape index (κ3) is 5.69. The van der Waals surface area contributed by atoms with E-state index in [1.54, 1.807) is 0 Å². The van der Waals surface area contributed by atoms with E-state index in [-0.39, 0.29) is 0 Å². The maximum atomic E-state index is 2.28. The number of aryl methyl sites for hydroxylation is 3. The Balaban J connectivity index is 1.69. The molecule has 3 aromatic rings. The molecule has 0 saturated heterocycles. The monoisotopic (exact) mass is 378 g/mol. The van der Waals surface area contributed by atoms with Crippen molar-refractivity contribution in [2.45, 2.75) is 36.9 Å². The van der Waals surface area contributed by atoms with Crippen molar-refractivity contribution >= 4 is 23.5 Å². The summed E-state index contributed by atoms with van der Waals surface area (Å²) in [6.07, 6.45) is 0. The molecule has 0 aromatic heterocycles. The molecule has 0 bridgehead atoms. The summed E-state index contributed by atoms with van der Waals surface area (Å²) in [6.45, 7) is 6.44. The zero-order valence-corrected chi connectivity index (χ0v) is 17.4. The Labute approximate surface area is 166 Å². The Kier molecular flexibility index (Phi) is 6.87. The summed E-state index contributed by atoms with van der Waals surface area (Å²) in [4.78, 5) is 0. The molecular formula is C24H26S2. The first-order valence-corrected chi connectivity index (χ1v) is 11.1. The fourth-order valence-electron chi connectivity index (χ4n) is 2.68. The van der Waals surface area contributed by atoms with Crippen LogP contribution < -0.4 is 0 Å². The van der Waals surface area contributed by atoms with Crippen molar-refractivity contribution in [2.24, 2.45) is 0 Å². The number of benzene rings is 3. The van der Waals surface area contributed by atoms with Gasteiger partial charge in [0.05, 0.1) is 4.58 Å². The molecule has 2 heteroatoms. The van der Waals surface area contributed by atoms with Gasteiger partial charge < -0.3 is 0 Å². The van der Waals surface area contributed by atoms with Crippen LogP contribution in [-0.4, -0.2) is 0 Å². The van der Waals surface area contributed by atoms with Crippen molar-refractivity contribution in [1.82, 2.24) is 0 Å². The molecule has 0 saturated carbocycles. The molecule has 0 unspecified atom stereocenters. The van der Waals surface area contributed by atoms with Gasteiger partial charge in [0, 0.05) is 11.5 Å². The molecule has 0 radical (unpaired) electrons. The average Bonchev–Trinajstić information content (AvgIpc) is 2.65. The number of thioether (sulfide) groups is 2. The predicted molar refractivity (Wildman–Crippen MR) is 119 cm³/mol. The molecule has 3 aromatic carbocycles. The predicted octanol–water partition coefficient (Wildman–Crippen LogP) is 7.48. The van der Waals surface area contributed by atoms with Crippen LogP contribution in [0.15, 0.2) is 72.8 Å². The Morgan fingerprint density at radius 2 is 0.885 bits per heavy atom. The standard InChI is InChI=1S/C24H26S2/c1-18-4-10-21(11-5-18)16-25-24(23-14-8-20(3)9-15-23)26-17-22-12-6-19(2)7-13-22/h4-15,24H,16-17H2,1-3H3. The SMILES string of the molecule is Cc1ccc(CSC(SCc2ccc(C)cc2)c2ccc(C)cc2)cc1. The van der Waals surface area contributed by atoms with E-state index in [0.717, 1.165) is 11.5 Å². The normalized spacial score (nSPS) is 11.1. The second kappa shape index (κ2) is 9.34. The summed E-state index contributed by atoms with van der Waals surface area (Å²) < 4.78 is 0.443. The lowest BCUT2D eigenvalue weighted by molar-refractivity contribution is 1.29. The van der Waals surface area contributed by atoms with E-state index < -0.39 is 0 Å². The average molecular weight is 379 g/mol. The largest absolute Gasteiger partial charge is 0.138 e. The van der Waals surface area contributed by atoms with Crippen molar-refractivity contribution in [2.75, 3.05) is 0 Å². The highest BCUT2D eigenvalue weighted by molar-refractivity contribution is 8.15. The molecule has 0 N–H and O–H groups in total. The van der Waals surface area contributed by atoms with Crippen LogP contribution in [-0.2, 0) is 11.5 Å². The van der Waals surface area contributed by atoms with Crippen LogP contribution >= 0.6 is 23.5 Å². The minimum absolute atomic E-state index is 0.443. The minimum Gasteiger partial charge on any atom is -0.138 e. The molecule has 0 aliphatic carbocycles. The maximum Gasteiger partial charge on any atom is 0.0757 e. The Hall–Kier alpha value is -1.64. The van der Waals surface area contributed by atoms with Crippen LogP contribution in [0.1, 0.15) is 38.0 Å². The Morgan fingerprint density at radius 1 is 0.538 bits per heavy atom. The molecular weight excluding hydrogens is 352 g/mol. The molecule has 134 valence electrons. The van der Waals surface area contributed by atoms with Crippen LogP contribution in [0.4, 0.5) is 0 Å². The van der Waals surface area contributed by atoms with Gasteiger partial charge in [0.1, 0.15) is 0 Å². The Morgan fingerprint density at radius 3 is 1.27 bits per heavy atom. The number of rotatable bonds is 7. The molecule has 3 rings (SSSR count). The minimum atomic E-state index is 0.443. The molecule has 0 fully saturated rings. The van der Waals surface area contributed by atoms with Crippen LogP contribution in [0.25, 0.3) is 0 Å². The van der Waals surface area contributed by atoms with Gasteiger partial charge in [-0.1, -0.05) is 89.5 Å². The second-order valence-corrected chi connectivity index (χ2v) is 9.32. The van der Waals surface area contributed by atoms with Gasteiger partial charge in [0.15, 0.2) is 0 Å². The first-order chi connectivity index (χ1) is 12.6. The zero-order valence-electron chi connectivity index (χ0n) is 15.7. The summed E-state index contributed by atoms with van der Waals surface area (Å²) in [6, 6.07) is 26.8. The van der Waals surface area contributed by atoms with Gasteiger partial charge in [-0.15, -0.1) is 23.5 Å².